The number of rotatable bonds is 6. The first-order valence-corrected chi connectivity index (χ1v) is 10.9. The molecule has 5 heteroatoms. The van der Waals surface area contributed by atoms with Gasteiger partial charge in [0.15, 0.2) is 5.65 Å². The number of aryl methyl sites for hydroxylation is 1. The van der Waals surface area contributed by atoms with Gasteiger partial charge in [0, 0.05) is 28.9 Å². The monoisotopic (exact) mass is 410 g/mol. The fourth-order valence-corrected chi connectivity index (χ4v) is 4.47. The molecule has 0 radical (unpaired) electrons. The second-order valence-corrected chi connectivity index (χ2v) is 8.33. The lowest BCUT2D eigenvalue weighted by molar-refractivity contribution is 1.02. The maximum absolute atomic E-state index is 4.67. The molecule has 2 aromatic carbocycles. The van der Waals surface area contributed by atoms with Gasteiger partial charge in [-0.05, 0) is 48.1 Å². The van der Waals surface area contributed by atoms with Crippen molar-refractivity contribution in [2.75, 3.05) is 11.9 Å². The van der Waals surface area contributed by atoms with Crippen molar-refractivity contribution in [2.24, 2.45) is 0 Å². The molecule has 3 aromatic heterocycles. The van der Waals surface area contributed by atoms with E-state index in [9.17, 15) is 0 Å². The van der Waals surface area contributed by atoms with Crippen LogP contribution in [0.2, 0.25) is 0 Å². The number of anilines is 1. The third-order valence-electron chi connectivity index (χ3n) is 5.19. The first kappa shape index (κ1) is 18.6. The van der Waals surface area contributed by atoms with Crippen molar-refractivity contribution in [3.63, 3.8) is 0 Å². The van der Waals surface area contributed by atoms with E-state index in [0.717, 1.165) is 46.6 Å². The van der Waals surface area contributed by atoms with E-state index < -0.39 is 0 Å². The molecule has 0 spiro atoms. The number of fused-ring (bicyclic) bond motifs is 1. The summed E-state index contributed by atoms with van der Waals surface area (Å²) in [7, 11) is 0. The van der Waals surface area contributed by atoms with Crippen LogP contribution in [0, 0.1) is 6.92 Å². The highest BCUT2D eigenvalue weighted by atomic mass is 32.1. The van der Waals surface area contributed by atoms with Crippen molar-refractivity contribution in [1.29, 1.82) is 0 Å². The van der Waals surface area contributed by atoms with Crippen molar-refractivity contribution in [2.45, 2.75) is 13.3 Å². The van der Waals surface area contributed by atoms with E-state index in [1.165, 1.54) is 10.4 Å². The molecule has 4 nitrogen and oxygen atoms in total. The normalized spacial score (nSPS) is 11.1. The first-order chi connectivity index (χ1) is 14.8. The number of hydrogen-bond acceptors (Lipinski definition) is 4. The number of nitrogens with zero attached hydrogens (tertiary/aromatic N) is 3. The Morgan fingerprint density at radius 2 is 1.87 bits per heavy atom. The lowest BCUT2D eigenvalue weighted by atomic mass is 10.1. The molecule has 0 unspecified atom stereocenters. The lowest BCUT2D eigenvalue weighted by Gasteiger charge is -2.09. The molecule has 0 saturated carbocycles. The van der Waals surface area contributed by atoms with E-state index in [1.54, 1.807) is 17.7 Å². The minimum absolute atomic E-state index is 0.830. The fourth-order valence-electron chi connectivity index (χ4n) is 3.77. The summed E-state index contributed by atoms with van der Waals surface area (Å²) >= 11 is 1.79. The second kappa shape index (κ2) is 8.13. The average Bonchev–Trinajstić information content (AvgIpc) is 3.43. The minimum Gasteiger partial charge on any atom is -0.369 e. The predicted octanol–water partition coefficient (Wildman–Crippen LogP) is 6.11. The van der Waals surface area contributed by atoms with Crippen LogP contribution in [0.3, 0.4) is 0 Å². The largest absolute Gasteiger partial charge is 0.369 e. The third-order valence-corrected chi connectivity index (χ3v) is 6.13. The molecule has 0 aliphatic rings. The molecule has 5 aromatic rings. The molecule has 0 saturated heterocycles. The van der Waals surface area contributed by atoms with E-state index in [2.05, 4.69) is 99.0 Å². The predicted molar refractivity (Wildman–Crippen MR) is 126 cm³/mol. The molecule has 3 heterocycles. The van der Waals surface area contributed by atoms with E-state index in [4.69, 9.17) is 0 Å². The Bertz CT molecular complexity index is 1270. The van der Waals surface area contributed by atoms with E-state index in [-0.39, 0.29) is 0 Å². The van der Waals surface area contributed by atoms with Crippen LogP contribution in [-0.4, -0.2) is 21.1 Å². The Morgan fingerprint density at radius 3 is 2.67 bits per heavy atom. The molecular weight excluding hydrogens is 388 g/mol. The smallest absolute Gasteiger partial charge is 0.150 e. The van der Waals surface area contributed by atoms with Crippen molar-refractivity contribution >= 4 is 28.2 Å². The van der Waals surface area contributed by atoms with E-state index >= 15 is 0 Å². The van der Waals surface area contributed by atoms with Crippen LogP contribution >= 0.6 is 11.3 Å². The van der Waals surface area contributed by atoms with Gasteiger partial charge < -0.3 is 9.88 Å². The number of thiophene rings is 1. The van der Waals surface area contributed by atoms with Crippen LogP contribution in [-0.2, 0) is 6.42 Å². The molecule has 148 valence electrons. The van der Waals surface area contributed by atoms with E-state index in [0.29, 0.717) is 0 Å². The topological polar surface area (TPSA) is 42.7 Å². The summed E-state index contributed by atoms with van der Waals surface area (Å²) in [5.74, 6) is 0.877. The summed E-state index contributed by atoms with van der Waals surface area (Å²) in [5.41, 5.74) is 5.52. The molecule has 0 bridgehead atoms. The molecule has 30 heavy (non-hydrogen) atoms. The molecule has 0 atom stereocenters. The summed E-state index contributed by atoms with van der Waals surface area (Å²) in [5, 5.41) is 6.73. The molecular formula is C25H22N4S. The van der Waals surface area contributed by atoms with Crippen LogP contribution in [0.25, 0.3) is 27.8 Å². The van der Waals surface area contributed by atoms with E-state index in [1.807, 2.05) is 6.07 Å². The van der Waals surface area contributed by atoms with Crippen molar-refractivity contribution in [3.8, 4) is 16.8 Å². The lowest BCUT2D eigenvalue weighted by Crippen LogP contribution is -2.06. The van der Waals surface area contributed by atoms with Crippen LogP contribution in [0.15, 0.2) is 84.6 Å². The van der Waals surface area contributed by atoms with Crippen LogP contribution in [0.4, 0.5) is 5.82 Å². The summed E-state index contributed by atoms with van der Waals surface area (Å²) in [6.45, 7) is 2.94. The number of aromatic nitrogens is 3. The fraction of sp³-hybridized carbons (Fsp3) is 0.120. The molecule has 0 amide bonds. The van der Waals surface area contributed by atoms with Gasteiger partial charge >= 0.3 is 0 Å². The highest BCUT2D eigenvalue weighted by molar-refractivity contribution is 7.09. The quantitative estimate of drug-likeness (QED) is 0.367. The third kappa shape index (κ3) is 3.60. The molecule has 5 rings (SSSR count). The molecule has 0 aliphatic carbocycles. The van der Waals surface area contributed by atoms with Crippen molar-refractivity contribution < 1.29 is 0 Å². The zero-order valence-corrected chi connectivity index (χ0v) is 17.6. The van der Waals surface area contributed by atoms with Crippen LogP contribution in [0.1, 0.15) is 10.4 Å². The SMILES string of the molecule is Cc1cccc(-n2cc(-c3ccccc3)c3c(NCCc4cccs4)ncnc32)c1. The Balaban J connectivity index is 1.62. The summed E-state index contributed by atoms with van der Waals surface area (Å²) < 4.78 is 2.16. The minimum atomic E-state index is 0.830. The Kier molecular flexibility index (Phi) is 5.03. The Hall–Kier alpha value is -3.44. The Labute approximate surface area is 179 Å². The van der Waals surface area contributed by atoms with Crippen LogP contribution < -0.4 is 5.32 Å². The van der Waals surface area contributed by atoms with Gasteiger partial charge in [0.1, 0.15) is 12.1 Å². The van der Waals surface area contributed by atoms with Gasteiger partial charge in [0.2, 0.25) is 0 Å². The summed E-state index contributed by atoms with van der Waals surface area (Å²) in [4.78, 5) is 10.6. The maximum atomic E-state index is 4.67. The van der Waals surface area contributed by atoms with Crippen molar-refractivity contribution in [3.05, 3.63) is 95.1 Å². The van der Waals surface area contributed by atoms with Gasteiger partial charge in [0.05, 0.1) is 5.39 Å². The average molecular weight is 411 g/mol. The number of hydrogen-bond donors (Lipinski definition) is 1. The number of benzene rings is 2. The standard InChI is InChI=1S/C25H22N4S/c1-18-7-5-10-20(15-18)29-16-22(19-8-3-2-4-9-19)23-24(27-17-28-25(23)29)26-13-12-21-11-6-14-30-21/h2-11,14-17H,12-13H2,1H3,(H,26,27,28). The zero-order valence-electron chi connectivity index (χ0n) is 16.7. The van der Waals surface area contributed by atoms with Crippen molar-refractivity contribution in [1.82, 2.24) is 14.5 Å². The highest BCUT2D eigenvalue weighted by Gasteiger charge is 2.17. The zero-order chi connectivity index (χ0) is 20.3. The van der Waals surface area contributed by atoms with Gasteiger partial charge in [-0.2, -0.15) is 0 Å². The number of nitrogens with one attached hydrogen (secondary N) is 1. The molecule has 1 N–H and O–H groups in total. The second-order valence-electron chi connectivity index (χ2n) is 7.29. The van der Waals surface area contributed by atoms with Gasteiger partial charge in [-0.25, -0.2) is 9.97 Å². The Morgan fingerprint density at radius 1 is 0.967 bits per heavy atom. The van der Waals surface area contributed by atoms with Gasteiger partial charge in [-0.3, -0.25) is 0 Å². The van der Waals surface area contributed by atoms with Gasteiger partial charge in [-0.15, -0.1) is 11.3 Å². The van der Waals surface area contributed by atoms with Crippen LogP contribution in [0.5, 0.6) is 0 Å². The first-order valence-electron chi connectivity index (χ1n) is 10.0. The molecule has 0 aliphatic heterocycles. The van der Waals surface area contributed by atoms with Gasteiger partial charge in [0.25, 0.3) is 0 Å². The summed E-state index contributed by atoms with van der Waals surface area (Å²) in [6.07, 6.45) is 4.80. The summed E-state index contributed by atoms with van der Waals surface area (Å²) in [6, 6.07) is 23.2. The molecule has 0 fully saturated rings. The van der Waals surface area contributed by atoms with Gasteiger partial charge in [-0.1, -0.05) is 48.5 Å². The highest BCUT2D eigenvalue weighted by Crippen LogP contribution is 2.35. The maximum Gasteiger partial charge on any atom is 0.150 e.